The summed E-state index contributed by atoms with van der Waals surface area (Å²) in [7, 11) is 0. The van der Waals surface area contributed by atoms with E-state index in [1.165, 1.54) is 12.1 Å². The first kappa shape index (κ1) is 13.4. The predicted molar refractivity (Wildman–Crippen MR) is 66.3 cm³/mol. The summed E-state index contributed by atoms with van der Waals surface area (Å²) in [4.78, 5) is 0. The van der Waals surface area contributed by atoms with Gasteiger partial charge in [0.15, 0.2) is 0 Å². The highest BCUT2D eigenvalue weighted by molar-refractivity contribution is 5.22. The van der Waals surface area contributed by atoms with Crippen molar-refractivity contribution >= 4 is 0 Å². The first-order chi connectivity index (χ1) is 8.70. The van der Waals surface area contributed by atoms with E-state index in [0.29, 0.717) is 12.2 Å². The molecule has 1 saturated heterocycles. The lowest BCUT2D eigenvalue weighted by Crippen LogP contribution is -2.33. The molecule has 2 nitrogen and oxygen atoms in total. The van der Waals surface area contributed by atoms with Gasteiger partial charge in [-0.25, -0.2) is 8.78 Å². The Balaban J connectivity index is 2.22. The molecule has 1 heterocycles. The van der Waals surface area contributed by atoms with Crippen LogP contribution in [0.1, 0.15) is 31.4 Å². The van der Waals surface area contributed by atoms with Gasteiger partial charge in [-0.3, -0.25) is 0 Å². The maximum absolute atomic E-state index is 13.3. The van der Waals surface area contributed by atoms with Crippen LogP contribution in [0.15, 0.2) is 18.2 Å². The van der Waals surface area contributed by atoms with Crippen LogP contribution in [0.25, 0.3) is 0 Å². The van der Waals surface area contributed by atoms with E-state index in [9.17, 15) is 8.78 Å². The average molecular weight is 255 g/mol. The topological polar surface area (TPSA) is 21.3 Å². The van der Waals surface area contributed by atoms with E-state index >= 15 is 0 Å². The fourth-order valence-corrected chi connectivity index (χ4v) is 2.56. The number of hydrogen-bond donors (Lipinski definition) is 1. The highest BCUT2D eigenvalue weighted by Gasteiger charge is 2.25. The van der Waals surface area contributed by atoms with Gasteiger partial charge in [-0.05, 0) is 37.1 Å². The number of ether oxygens (including phenoxy) is 1. The second-order valence-electron chi connectivity index (χ2n) is 4.72. The van der Waals surface area contributed by atoms with E-state index in [1.54, 1.807) is 0 Å². The third-order valence-corrected chi connectivity index (χ3v) is 3.33. The lowest BCUT2D eigenvalue weighted by molar-refractivity contribution is 0.0392. The minimum atomic E-state index is -0.523. The summed E-state index contributed by atoms with van der Waals surface area (Å²) in [6, 6.07) is 3.68. The van der Waals surface area contributed by atoms with Gasteiger partial charge in [0.05, 0.1) is 6.61 Å². The standard InChI is InChI=1S/C14H19F2NO/c1-2-17-14(10-4-3-5-18-9-10)11-6-12(15)8-13(16)7-11/h6-8,10,14,17H,2-5,9H2,1H3. The van der Waals surface area contributed by atoms with Gasteiger partial charge in [0, 0.05) is 24.6 Å². The Bertz CT molecular complexity index is 371. The van der Waals surface area contributed by atoms with Gasteiger partial charge >= 0.3 is 0 Å². The van der Waals surface area contributed by atoms with Gasteiger partial charge in [0.2, 0.25) is 0 Å². The van der Waals surface area contributed by atoms with E-state index in [0.717, 1.165) is 32.1 Å². The fraction of sp³-hybridized carbons (Fsp3) is 0.571. The molecule has 0 spiro atoms. The summed E-state index contributed by atoms with van der Waals surface area (Å²) in [6.45, 7) is 4.19. The largest absolute Gasteiger partial charge is 0.381 e. The van der Waals surface area contributed by atoms with Crippen LogP contribution in [0, 0.1) is 17.6 Å². The first-order valence-electron chi connectivity index (χ1n) is 6.48. The molecular formula is C14H19F2NO. The van der Waals surface area contributed by atoms with Crippen LogP contribution < -0.4 is 5.32 Å². The summed E-state index contributed by atoms with van der Waals surface area (Å²) >= 11 is 0. The zero-order valence-electron chi connectivity index (χ0n) is 10.6. The Morgan fingerprint density at radius 1 is 1.33 bits per heavy atom. The summed E-state index contributed by atoms with van der Waals surface area (Å²) in [6.07, 6.45) is 2.03. The Labute approximate surface area is 106 Å². The molecule has 0 aliphatic carbocycles. The Morgan fingerprint density at radius 2 is 2.06 bits per heavy atom. The van der Waals surface area contributed by atoms with Crippen molar-refractivity contribution in [1.29, 1.82) is 0 Å². The van der Waals surface area contributed by atoms with Gasteiger partial charge in [-0.2, -0.15) is 0 Å². The van der Waals surface area contributed by atoms with Crippen molar-refractivity contribution in [2.24, 2.45) is 5.92 Å². The van der Waals surface area contributed by atoms with E-state index < -0.39 is 11.6 Å². The molecule has 100 valence electrons. The smallest absolute Gasteiger partial charge is 0.126 e. The highest BCUT2D eigenvalue weighted by atomic mass is 19.1. The van der Waals surface area contributed by atoms with E-state index in [-0.39, 0.29) is 12.0 Å². The average Bonchev–Trinajstić information content (AvgIpc) is 2.36. The monoisotopic (exact) mass is 255 g/mol. The van der Waals surface area contributed by atoms with E-state index in [2.05, 4.69) is 5.32 Å². The van der Waals surface area contributed by atoms with Gasteiger partial charge < -0.3 is 10.1 Å². The molecule has 0 aromatic heterocycles. The lowest BCUT2D eigenvalue weighted by Gasteiger charge is -2.31. The molecule has 2 atom stereocenters. The highest BCUT2D eigenvalue weighted by Crippen LogP contribution is 2.29. The molecule has 2 rings (SSSR count). The van der Waals surface area contributed by atoms with Crippen LogP contribution in [0.2, 0.25) is 0 Å². The van der Waals surface area contributed by atoms with Crippen molar-refractivity contribution in [2.75, 3.05) is 19.8 Å². The van der Waals surface area contributed by atoms with Crippen LogP contribution in [0.4, 0.5) is 8.78 Å². The second kappa shape index (κ2) is 6.25. The molecule has 2 unspecified atom stereocenters. The molecule has 0 amide bonds. The summed E-state index contributed by atoms with van der Waals surface area (Å²) in [5.74, 6) is -0.769. The number of rotatable bonds is 4. The summed E-state index contributed by atoms with van der Waals surface area (Å²) in [5.41, 5.74) is 0.671. The predicted octanol–water partition coefficient (Wildman–Crippen LogP) is 3.04. The number of nitrogens with one attached hydrogen (secondary N) is 1. The van der Waals surface area contributed by atoms with E-state index in [4.69, 9.17) is 4.74 Å². The molecule has 18 heavy (non-hydrogen) atoms. The zero-order chi connectivity index (χ0) is 13.0. The van der Waals surface area contributed by atoms with Crippen molar-refractivity contribution in [3.05, 3.63) is 35.4 Å². The molecule has 1 N–H and O–H groups in total. The summed E-state index contributed by atoms with van der Waals surface area (Å²) in [5, 5.41) is 3.31. The van der Waals surface area contributed by atoms with Gasteiger partial charge in [0.1, 0.15) is 11.6 Å². The number of halogens is 2. The van der Waals surface area contributed by atoms with Crippen LogP contribution in [-0.4, -0.2) is 19.8 Å². The quantitative estimate of drug-likeness (QED) is 0.893. The van der Waals surface area contributed by atoms with Crippen molar-refractivity contribution in [1.82, 2.24) is 5.32 Å². The molecule has 0 bridgehead atoms. The molecule has 1 aliphatic rings. The van der Waals surface area contributed by atoms with Crippen molar-refractivity contribution in [3.63, 3.8) is 0 Å². The third-order valence-electron chi connectivity index (χ3n) is 3.33. The first-order valence-corrected chi connectivity index (χ1v) is 6.48. The van der Waals surface area contributed by atoms with E-state index in [1.807, 2.05) is 6.92 Å². The Kier molecular flexibility index (Phi) is 4.66. The van der Waals surface area contributed by atoms with Crippen molar-refractivity contribution in [2.45, 2.75) is 25.8 Å². The molecule has 1 aromatic carbocycles. The summed E-state index contributed by atoms with van der Waals surface area (Å²) < 4.78 is 32.1. The van der Waals surface area contributed by atoms with Gasteiger partial charge in [-0.15, -0.1) is 0 Å². The van der Waals surface area contributed by atoms with Crippen LogP contribution in [0.5, 0.6) is 0 Å². The minimum absolute atomic E-state index is 0.0412. The van der Waals surface area contributed by atoms with Crippen LogP contribution >= 0.6 is 0 Å². The molecule has 1 aromatic rings. The second-order valence-corrected chi connectivity index (χ2v) is 4.72. The SMILES string of the molecule is CCNC(c1cc(F)cc(F)c1)C1CCCOC1. The van der Waals surface area contributed by atoms with Crippen molar-refractivity contribution in [3.8, 4) is 0 Å². The van der Waals surface area contributed by atoms with Crippen molar-refractivity contribution < 1.29 is 13.5 Å². The maximum Gasteiger partial charge on any atom is 0.126 e. The maximum atomic E-state index is 13.3. The molecule has 0 saturated carbocycles. The van der Waals surface area contributed by atoms with Crippen LogP contribution in [0.3, 0.4) is 0 Å². The van der Waals surface area contributed by atoms with Crippen LogP contribution in [-0.2, 0) is 4.74 Å². The zero-order valence-corrected chi connectivity index (χ0v) is 10.6. The number of benzene rings is 1. The molecule has 4 heteroatoms. The minimum Gasteiger partial charge on any atom is -0.381 e. The number of hydrogen-bond acceptors (Lipinski definition) is 2. The molecule has 1 aliphatic heterocycles. The Morgan fingerprint density at radius 3 is 2.61 bits per heavy atom. The molecular weight excluding hydrogens is 236 g/mol. The molecule has 0 radical (unpaired) electrons. The third kappa shape index (κ3) is 3.27. The van der Waals surface area contributed by atoms with Gasteiger partial charge in [-0.1, -0.05) is 6.92 Å². The fourth-order valence-electron chi connectivity index (χ4n) is 2.56. The van der Waals surface area contributed by atoms with Gasteiger partial charge in [0.25, 0.3) is 0 Å². The normalized spacial score (nSPS) is 21.8. The molecule has 1 fully saturated rings. The Hall–Kier alpha value is -1.00. The lowest BCUT2D eigenvalue weighted by atomic mass is 9.88.